The molecule has 1 N–H and O–H groups in total. The maximum absolute atomic E-state index is 10.2. The fraction of sp³-hybridized carbons (Fsp3) is 0.375. The number of allylic oxidation sites excluding steroid dienone is 2. The highest BCUT2D eigenvalue weighted by Gasteiger charge is 2.23. The summed E-state index contributed by atoms with van der Waals surface area (Å²) in [5.41, 5.74) is 0. The molecule has 12 heavy (non-hydrogen) atoms. The van der Waals surface area contributed by atoms with Gasteiger partial charge in [-0.1, -0.05) is 23.8 Å². The molecule has 0 bridgehead atoms. The maximum atomic E-state index is 10.2. The van der Waals surface area contributed by atoms with Crippen molar-refractivity contribution < 1.29 is 14.6 Å². The number of ether oxygens (including phenoxy) is 1. The molecule has 0 aromatic rings. The second-order valence-electron chi connectivity index (χ2n) is 2.42. The van der Waals surface area contributed by atoms with Crippen molar-refractivity contribution in [2.75, 3.05) is 6.61 Å². The lowest BCUT2D eigenvalue weighted by Crippen LogP contribution is -2.24. The van der Waals surface area contributed by atoms with Crippen LogP contribution in [0.4, 0.5) is 0 Å². The molecule has 0 radical (unpaired) electrons. The van der Waals surface area contributed by atoms with Crippen LogP contribution in [-0.4, -0.2) is 22.7 Å². The zero-order chi connectivity index (χ0) is 9.03. The average molecular weight is 189 g/mol. The highest BCUT2D eigenvalue weighted by molar-refractivity contribution is 6.25. The predicted octanol–water partition coefficient (Wildman–Crippen LogP) is 1.54. The molecule has 0 fully saturated rings. The van der Waals surface area contributed by atoms with Gasteiger partial charge in [0.1, 0.15) is 6.61 Å². The predicted molar refractivity (Wildman–Crippen MR) is 45.1 cm³/mol. The van der Waals surface area contributed by atoms with Crippen LogP contribution < -0.4 is 0 Å². The summed E-state index contributed by atoms with van der Waals surface area (Å²) in [5.74, 6) is -1.03. The van der Waals surface area contributed by atoms with Gasteiger partial charge in [-0.05, 0) is 18.6 Å². The number of carbonyl (C=O) groups is 1. The molecule has 0 atom stereocenters. The Morgan fingerprint density at radius 3 is 2.67 bits per heavy atom. The number of rotatable bonds is 3. The Balaban J connectivity index is 2.48. The molecule has 1 aliphatic rings. The molecular weight excluding hydrogens is 180 g/mol. The number of alkyl halides is 1. The molecule has 0 spiro atoms. The maximum Gasteiger partial charge on any atom is 0.329 e. The Morgan fingerprint density at radius 2 is 2.17 bits per heavy atom. The summed E-state index contributed by atoms with van der Waals surface area (Å²) in [6, 6.07) is 0. The van der Waals surface area contributed by atoms with Gasteiger partial charge in [0.2, 0.25) is 0 Å². The van der Waals surface area contributed by atoms with Crippen molar-refractivity contribution in [3.63, 3.8) is 0 Å². The van der Waals surface area contributed by atoms with Crippen LogP contribution >= 0.6 is 11.6 Å². The smallest absolute Gasteiger partial charge is 0.329 e. The van der Waals surface area contributed by atoms with E-state index < -0.39 is 17.6 Å². The lowest BCUT2D eigenvalue weighted by Gasteiger charge is -2.20. The van der Waals surface area contributed by atoms with E-state index in [1.54, 1.807) is 12.2 Å². The summed E-state index contributed by atoms with van der Waals surface area (Å²) in [6.07, 6.45) is 7.74. The van der Waals surface area contributed by atoms with E-state index >= 15 is 0 Å². The first-order chi connectivity index (χ1) is 5.62. The van der Waals surface area contributed by atoms with Crippen molar-refractivity contribution in [3.8, 4) is 0 Å². The zero-order valence-corrected chi connectivity index (χ0v) is 7.12. The van der Waals surface area contributed by atoms with Crippen LogP contribution in [0, 0.1) is 0 Å². The third kappa shape index (κ3) is 2.68. The van der Waals surface area contributed by atoms with E-state index in [2.05, 4.69) is 0 Å². The molecule has 0 aliphatic heterocycles. The second-order valence-corrected chi connectivity index (χ2v) is 3.01. The van der Waals surface area contributed by atoms with Crippen LogP contribution in [-0.2, 0) is 9.53 Å². The van der Waals surface area contributed by atoms with Gasteiger partial charge in [0.25, 0.3) is 0 Å². The van der Waals surface area contributed by atoms with Crippen molar-refractivity contribution in [2.24, 2.45) is 0 Å². The fourth-order valence-corrected chi connectivity index (χ4v) is 1.09. The van der Waals surface area contributed by atoms with Gasteiger partial charge in [0.15, 0.2) is 5.06 Å². The van der Waals surface area contributed by atoms with E-state index in [9.17, 15) is 4.79 Å². The van der Waals surface area contributed by atoms with Crippen molar-refractivity contribution in [3.05, 3.63) is 24.3 Å². The topological polar surface area (TPSA) is 46.5 Å². The van der Waals surface area contributed by atoms with Crippen LogP contribution in [0.3, 0.4) is 0 Å². The summed E-state index contributed by atoms with van der Waals surface area (Å²) in [5, 5.41) is 7.27. The number of hydrogen-bond donors (Lipinski definition) is 1. The number of halogens is 1. The van der Waals surface area contributed by atoms with Gasteiger partial charge < -0.3 is 9.84 Å². The number of hydrogen-bond acceptors (Lipinski definition) is 2. The third-order valence-corrected chi connectivity index (χ3v) is 1.74. The molecule has 0 amide bonds. The van der Waals surface area contributed by atoms with Gasteiger partial charge in [-0.2, -0.15) is 0 Å². The summed E-state index contributed by atoms with van der Waals surface area (Å²) < 4.78 is 4.92. The lowest BCUT2D eigenvalue weighted by atomic mass is 10.1. The lowest BCUT2D eigenvalue weighted by molar-refractivity contribution is -0.143. The van der Waals surface area contributed by atoms with Crippen LogP contribution in [0.2, 0.25) is 0 Å². The monoisotopic (exact) mass is 188 g/mol. The summed E-state index contributed by atoms with van der Waals surface area (Å²) in [4.78, 5) is 10.2. The molecular formula is C8H9ClO3. The molecule has 0 saturated heterocycles. The van der Waals surface area contributed by atoms with Gasteiger partial charge in [-0.3, -0.25) is 0 Å². The number of carboxylic acids is 1. The minimum atomic E-state index is -1.06. The Kier molecular flexibility index (Phi) is 2.89. The minimum Gasteiger partial charge on any atom is -0.480 e. The summed E-state index contributed by atoms with van der Waals surface area (Å²) in [6.45, 7) is -0.391. The van der Waals surface area contributed by atoms with Crippen LogP contribution in [0.25, 0.3) is 0 Å². The largest absolute Gasteiger partial charge is 0.480 e. The first-order valence-electron chi connectivity index (χ1n) is 3.52. The fourth-order valence-electron chi connectivity index (χ4n) is 0.860. The third-order valence-electron chi connectivity index (χ3n) is 1.38. The van der Waals surface area contributed by atoms with Gasteiger partial charge >= 0.3 is 5.97 Å². The molecule has 0 aromatic heterocycles. The quantitative estimate of drug-likeness (QED) is 0.540. The Labute approximate surface area is 75.3 Å². The highest BCUT2D eigenvalue weighted by atomic mass is 35.5. The molecule has 0 aromatic carbocycles. The van der Waals surface area contributed by atoms with Gasteiger partial charge in [-0.25, -0.2) is 4.79 Å². The van der Waals surface area contributed by atoms with Crippen LogP contribution in [0.15, 0.2) is 24.3 Å². The Hall–Kier alpha value is -0.800. The number of aliphatic carboxylic acids is 1. The molecule has 1 aliphatic carbocycles. The Bertz CT molecular complexity index is 220. The van der Waals surface area contributed by atoms with Gasteiger partial charge in [0.05, 0.1) is 0 Å². The second kappa shape index (κ2) is 3.74. The zero-order valence-electron chi connectivity index (χ0n) is 6.37. The molecule has 1 rings (SSSR count). The van der Waals surface area contributed by atoms with Crippen LogP contribution in [0.1, 0.15) is 6.42 Å². The normalized spacial score (nSPS) is 19.4. The van der Waals surface area contributed by atoms with E-state index in [4.69, 9.17) is 21.4 Å². The average Bonchev–Trinajstić information content (AvgIpc) is 2.03. The van der Waals surface area contributed by atoms with E-state index in [1.165, 1.54) is 0 Å². The molecule has 0 saturated carbocycles. The van der Waals surface area contributed by atoms with E-state index in [-0.39, 0.29) is 0 Å². The first kappa shape index (κ1) is 9.29. The molecule has 4 heteroatoms. The molecule has 66 valence electrons. The van der Waals surface area contributed by atoms with Gasteiger partial charge in [-0.15, -0.1) is 0 Å². The van der Waals surface area contributed by atoms with Crippen LogP contribution in [0.5, 0.6) is 0 Å². The highest BCUT2D eigenvalue weighted by Crippen LogP contribution is 2.24. The van der Waals surface area contributed by atoms with Crippen molar-refractivity contribution in [1.29, 1.82) is 0 Å². The van der Waals surface area contributed by atoms with E-state index in [1.807, 2.05) is 12.2 Å². The van der Waals surface area contributed by atoms with Crippen molar-refractivity contribution in [1.82, 2.24) is 0 Å². The summed E-state index contributed by atoms with van der Waals surface area (Å²) >= 11 is 5.86. The number of carboxylic acid groups (broad SMARTS) is 1. The first-order valence-corrected chi connectivity index (χ1v) is 3.90. The van der Waals surface area contributed by atoms with Crippen molar-refractivity contribution in [2.45, 2.75) is 11.5 Å². The summed E-state index contributed by atoms with van der Waals surface area (Å²) in [7, 11) is 0. The SMILES string of the molecule is O=C(O)COC1(Cl)C=CCC=C1. The Morgan fingerprint density at radius 1 is 1.58 bits per heavy atom. The molecule has 0 heterocycles. The molecule has 0 unspecified atom stereocenters. The molecule has 3 nitrogen and oxygen atoms in total. The van der Waals surface area contributed by atoms with Gasteiger partial charge in [0, 0.05) is 0 Å². The minimum absolute atomic E-state index is 0.391. The van der Waals surface area contributed by atoms with E-state index in [0.717, 1.165) is 6.42 Å². The van der Waals surface area contributed by atoms with E-state index in [0.29, 0.717) is 0 Å². The standard InChI is InChI=1S/C8H9ClO3/c9-8(12-6-7(10)11)4-2-1-3-5-8/h2-5H,1,6H2,(H,10,11). The van der Waals surface area contributed by atoms with Crippen molar-refractivity contribution >= 4 is 17.6 Å².